The maximum absolute atomic E-state index is 9.95. The van der Waals surface area contributed by atoms with Gasteiger partial charge in [0.15, 0.2) is 0 Å². The number of benzene rings is 8. The van der Waals surface area contributed by atoms with E-state index in [1.54, 1.807) is 36.4 Å². The van der Waals surface area contributed by atoms with Crippen molar-refractivity contribution in [1.82, 2.24) is 14.1 Å². The number of hydrogen-bond donors (Lipinski definition) is 0. The molecule has 11 rings (SSSR count). The van der Waals surface area contributed by atoms with Crippen LogP contribution >= 0.6 is 0 Å². The van der Waals surface area contributed by atoms with Crippen molar-refractivity contribution in [2.75, 3.05) is 9.80 Å². The number of fused-ring (bicyclic) bond motifs is 5. The second-order valence-electron chi connectivity index (χ2n) is 18.4. The van der Waals surface area contributed by atoms with E-state index in [4.69, 9.17) is 19.3 Å². The fourth-order valence-electron chi connectivity index (χ4n) is 8.56. The van der Waals surface area contributed by atoms with Gasteiger partial charge in [0, 0.05) is 77.4 Å². The Morgan fingerprint density at radius 1 is 0.621 bits per heavy atom. The fourth-order valence-corrected chi connectivity index (χ4v) is 8.56. The fraction of sp³-hybridized carbons (Fsp3) is 0.153. The zero-order chi connectivity index (χ0) is 52.3. The quantitative estimate of drug-likeness (QED) is 0.149. The molecule has 0 aliphatic carbocycles. The van der Waals surface area contributed by atoms with Crippen molar-refractivity contribution in [3.05, 3.63) is 200 Å². The van der Waals surface area contributed by atoms with Crippen LogP contribution in [-0.2, 0) is 38.9 Å². The molecule has 8 aromatic carbocycles. The predicted octanol–water partition coefficient (Wildman–Crippen LogP) is 15.4. The third-order valence-electron chi connectivity index (χ3n) is 11.9. The van der Waals surface area contributed by atoms with E-state index in [0.29, 0.717) is 50.2 Å². The summed E-state index contributed by atoms with van der Waals surface area (Å²) in [6.45, 7) is 11.7. The Kier molecular flexibility index (Phi) is 8.41. The van der Waals surface area contributed by atoms with Crippen molar-refractivity contribution in [3.8, 4) is 39.7 Å². The number of ether oxygens (including phenoxy) is 1. The van der Waals surface area contributed by atoms with Crippen LogP contribution in [0.5, 0.6) is 11.5 Å². The van der Waals surface area contributed by atoms with Gasteiger partial charge in [-0.15, -0.1) is 53.6 Å². The zero-order valence-electron chi connectivity index (χ0n) is 46.2. The third-order valence-corrected chi connectivity index (χ3v) is 11.9. The molecule has 0 amide bonds. The minimum atomic E-state index is -2.73. The topological polar surface area (TPSA) is 38.5 Å². The molecule has 1 aliphatic rings. The monoisotopic (exact) mass is 1050 g/mol. The SMILES string of the molecule is [2H]c1c(-c2ccccc2)c(N2[CH-]N(c3[c-]c(Oc4[c-]c5c(cc4)c4c([2H])c([2H])c([2H])c([2H])c4n5-c4nc5ccccc5n4C([2H])([2H])[2H])cc(C(C)(C)C)c3)c3ccccc32)c(-c2ccccc2)c([2H])c1C(C)(C)C.[Pt]. The van der Waals surface area contributed by atoms with Gasteiger partial charge in [0.05, 0.1) is 19.3 Å². The minimum Gasteiger partial charge on any atom is -0.509 e. The Morgan fingerprint density at radius 2 is 1.24 bits per heavy atom. The Hall–Kier alpha value is -6.88. The van der Waals surface area contributed by atoms with Gasteiger partial charge in [-0.3, -0.25) is 0 Å². The first kappa shape index (κ1) is 33.6. The molecule has 10 aromatic rings. The standard InChI is InChI=1S/C59H50N5O.Pt/c1-58(2,3)41-32-43(36-45(33-41)65-44-30-31-47-46-24-14-16-26-51(46)64(55(47)37-44)57-60-50-25-15-17-27-52(50)61(57)7)62-38-63(54-29-19-18-28-53(54)62)56-48(39-20-10-8-11-21-39)34-42(59(4,5)6)35-49(56)40-22-12-9-13-23-40;/h8-35,38H,1-7H3;/q-3;/i7D3,14D,16D,24D,26D,34D,35D;. The van der Waals surface area contributed by atoms with Crippen LogP contribution in [-0.4, -0.2) is 14.1 Å². The molecule has 0 bridgehead atoms. The summed E-state index contributed by atoms with van der Waals surface area (Å²) < 4.78 is 90.6. The minimum absolute atomic E-state index is 0. The molecule has 1 aliphatic heterocycles. The summed E-state index contributed by atoms with van der Waals surface area (Å²) in [6, 6.07) is 47.9. The van der Waals surface area contributed by atoms with Crippen molar-refractivity contribution in [2.45, 2.75) is 52.4 Å². The molecule has 0 N–H and O–H groups in total. The second-order valence-corrected chi connectivity index (χ2v) is 18.4. The first-order valence-corrected chi connectivity index (χ1v) is 21.6. The van der Waals surface area contributed by atoms with Crippen LogP contribution in [0.25, 0.3) is 61.0 Å². The Morgan fingerprint density at radius 3 is 1.91 bits per heavy atom. The van der Waals surface area contributed by atoms with Gasteiger partial charge in [-0.25, -0.2) is 4.98 Å². The molecule has 0 radical (unpaired) electrons. The normalized spacial score (nSPS) is 15.0. The van der Waals surface area contributed by atoms with Gasteiger partial charge in [0.25, 0.3) is 0 Å². The molecule has 7 heteroatoms. The van der Waals surface area contributed by atoms with E-state index in [0.717, 1.165) is 32.6 Å². The molecule has 0 unspecified atom stereocenters. The number of rotatable bonds is 7. The first-order valence-electron chi connectivity index (χ1n) is 26.1. The van der Waals surface area contributed by atoms with E-state index >= 15 is 0 Å². The van der Waals surface area contributed by atoms with Crippen LogP contribution in [0.4, 0.5) is 22.7 Å². The summed E-state index contributed by atoms with van der Waals surface area (Å²) in [5.41, 5.74) is 7.68. The summed E-state index contributed by atoms with van der Waals surface area (Å²) in [7, 11) is 0. The Labute approximate surface area is 414 Å². The molecule has 330 valence electrons. The average molecular weight is 1050 g/mol. The summed E-state index contributed by atoms with van der Waals surface area (Å²) in [6.07, 6.45) is 0. The van der Waals surface area contributed by atoms with Crippen LogP contribution in [0.1, 0.15) is 65.0 Å². The Bertz CT molecular complexity index is 3830. The van der Waals surface area contributed by atoms with Gasteiger partial charge in [0.2, 0.25) is 5.95 Å². The van der Waals surface area contributed by atoms with E-state index in [-0.39, 0.29) is 73.4 Å². The van der Waals surface area contributed by atoms with Crippen molar-refractivity contribution in [2.24, 2.45) is 6.98 Å². The maximum Gasteiger partial charge on any atom is 0.213 e. The van der Waals surface area contributed by atoms with Crippen molar-refractivity contribution >= 4 is 55.6 Å². The molecule has 66 heavy (non-hydrogen) atoms. The molecule has 0 spiro atoms. The third kappa shape index (κ3) is 7.48. The molecular weight excluding hydrogens is 990 g/mol. The summed E-state index contributed by atoms with van der Waals surface area (Å²) in [5.74, 6) is 0.467. The number of aromatic nitrogens is 3. The summed E-state index contributed by atoms with van der Waals surface area (Å²) in [5, 5.41) is 0.579. The van der Waals surface area contributed by atoms with Crippen LogP contribution in [0.15, 0.2) is 170 Å². The number of anilines is 4. The van der Waals surface area contributed by atoms with Gasteiger partial charge in [-0.2, -0.15) is 6.07 Å². The van der Waals surface area contributed by atoms with Crippen LogP contribution in [0, 0.1) is 18.8 Å². The van der Waals surface area contributed by atoms with E-state index < -0.39 is 29.9 Å². The van der Waals surface area contributed by atoms with E-state index in [9.17, 15) is 2.74 Å². The summed E-state index contributed by atoms with van der Waals surface area (Å²) in [4.78, 5) is 8.90. The smallest absolute Gasteiger partial charge is 0.213 e. The second kappa shape index (κ2) is 16.5. The van der Waals surface area contributed by atoms with Gasteiger partial charge in [-0.05, 0) is 75.3 Å². The number of hydrogen-bond acceptors (Lipinski definition) is 4. The molecular formula is C59H50N5OPt-3. The van der Waals surface area contributed by atoms with Gasteiger partial charge in [-0.1, -0.05) is 150 Å². The average Bonchev–Trinajstić information content (AvgIpc) is 4.06. The van der Waals surface area contributed by atoms with Gasteiger partial charge < -0.3 is 23.7 Å². The van der Waals surface area contributed by atoms with Gasteiger partial charge >= 0.3 is 0 Å². The van der Waals surface area contributed by atoms with Crippen molar-refractivity contribution in [3.63, 3.8) is 0 Å². The number of para-hydroxylation sites is 5. The van der Waals surface area contributed by atoms with Crippen LogP contribution in [0.3, 0.4) is 0 Å². The first-order chi connectivity index (χ1) is 35.1. The molecule has 0 atom stereocenters. The van der Waals surface area contributed by atoms with E-state index in [1.807, 2.05) is 123 Å². The van der Waals surface area contributed by atoms with Crippen LogP contribution < -0.4 is 14.5 Å². The molecule has 2 aromatic heterocycles. The Balaban J connectivity index is 0.00000641. The van der Waals surface area contributed by atoms with Crippen molar-refractivity contribution < 1.29 is 38.1 Å². The number of nitrogens with zero attached hydrogens (tertiary/aromatic N) is 5. The van der Waals surface area contributed by atoms with Crippen LogP contribution in [0.2, 0.25) is 0 Å². The molecule has 0 saturated heterocycles. The molecule has 0 saturated carbocycles. The van der Waals surface area contributed by atoms with E-state index in [1.165, 1.54) is 4.57 Å². The van der Waals surface area contributed by atoms with Crippen molar-refractivity contribution in [1.29, 1.82) is 0 Å². The zero-order valence-corrected chi connectivity index (χ0v) is 39.5. The predicted molar refractivity (Wildman–Crippen MR) is 269 cm³/mol. The summed E-state index contributed by atoms with van der Waals surface area (Å²) >= 11 is 0. The largest absolute Gasteiger partial charge is 0.509 e. The molecule has 3 heterocycles. The van der Waals surface area contributed by atoms with Gasteiger partial charge in [0.1, 0.15) is 0 Å². The number of imidazole rings is 1. The molecule has 6 nitrogen and oxygen atoms in total. The molecule has 0 fully saturated rings. The number of aryl methyl sites for hydroxylation is 1. The maximum atomic E-state index is 9.95. The van der Waals surface area contributed by atoms with E-state index in [2.05, 4.69) is 43.9 Å².